The van der Waals surface area contributed by atoms with Gasteiger partial charge in [0.25, 0.3) is 0 Å². The summed E-state index contributed by atoms with van der Waals surface area (Å²) in [5.41, 5.74) is 2.52. The molecule has 94 valence electrons. The van der Waals surface area contributed by atoms with Crippen LogP contribution in [0.1, 0.15) is 24.4 Å². The second-order valence-corrected chi connectivity index (χ2v) is 4.61. The lowest BCUT2D eigenvalue weighted by Crippen LogP contribution is -2.34. The van der Waals surface area contributed by atoms with Gasteiger partial charge in [0.1, 0.15) is 5.52 Å². The average Bonchev–Trinajstić information content (AvgIpc) is 2.82. The second-order valence-electron chi connectivity index (χ2n) is 4.61. The van der Waals surface area contributed by atoms with Crippen LogP contribution in [0.15, 0.2) is 29.0 Å². The lowest BCUT2D eigenvalue weighted by molar-refractivity contribution is -0.143. The lowest BCUT2D eigenvalue weighted by atomic mass is 9.89. The van der Waals surface area contributed by atoms with Gasteiger partial charge in [-0.1, -0.05) is 0 Å². The van der Waals surface area contributed by atoms with E-state index >= 15 is 0 Å². The van der Waals surface area contributed by atoms with Crippen LogP contribution in [0.2, 0.25) is 0 Å². The van der Waals surface area contributed by atoms with Gasteiger partial charge in [0.05, 0.1) is 12.2 Å². The topological polar surface area (TPSA) is 75.4 Å². The van der Waals surface area contributed by atoms with Crippen LogP contribution in [0.5, 0.6) is 0 Å². The van der Waals surface area contributed by atoms with Crippen LogP contribution in [0.4, 0.5) is 0 Å². The first kappa shape index (κ1) is 11.2. The molecule has 5 heteroatoms. The molecule has 18 heavy (non-hydrogen) atoms. The van der Waals surface area contributed by atoms with Crippen molar-refractivity contribution in [2.45, 2.75) is 18.9 Å². The van der Waals surface area contributed by atoms with E-state index in [1.807, 2.05) is 12.1 Å². The summed E-state index contributed by atoms with van der Waals surface area (Å²) in [6.07, 6.45) is 4.66. The van der Waals surface area contributed by atoms with Crippen molar-refractivity contribution in [2.24, 2.45) is 5.92 Å². The van der Waals surface area contributed by atoms with Crippen molar-refractivity contribution >= 4 is 17.1 Å². The first-order chi connectivity index (χ1) is 8.75. The minimum absolute atomic E-state index is 0.0102. The molecule has 2 aromatic heterocycles. The number of carboxylic acid groups (broad SMARTS) is 1. The number of carboxylic acids is 1. The molecule has 0 saturated carbocycles. The number of nitrogens with one attached hydrogen (secondary N) is 1. The fourth-order valence-electron chi connectivity index (χ4n) is 2.51. The summed E-state index contributed by atoms with van der Waals surface area (Å²) >= 11 is 0. The fourth-order valence-corrected chi connectivity index (χ4v) is 2.51. The van der Waals surface area contributed by atoms with Crippen LogP contribution in [0.25, 0.3) is 11.1 Å². The van der Waals surface area contributed by atoms with E-state index in [2.05, 4.69) is 10.3 Å². The maximum atomic E-state index is 11.1. The minimum Gasteiger partial charge on any atom is -0.481 e. The average molecular weight is 246 g/mol. The zero-order valence-corrected chi connectivity index (χ0v) is 9.80. The number of hydrogen-bond acceptors (Lipinski definition) is 4. The zero-order valence-electron chi connectivity index (χ0n) is 9.80. The smallest absolute Gasteiger partial charge is 0.306 e. The highest BCUT2D eigenvalue weighted by molar-refractivity contribution is 5.77. The normalized spacial score (nSPS) is 24.2. The molecule has 0 spiro atoms. The summed E-state index contributed by atoms with van der Waals surface area (Å²) in [6.45, 7) is 0.709. The number of fused-ring (bicyclic) bond motifs is 1. The molecule has 1 aliphatic heterocycles. The maximum absolute atomic E-state index is 11.1. The molecule has 1 saturated heterocycles. The van der Waals surface area contributed by atoms with Crippen molar-refractivity contribution in [2.75, 3.05) is 6.54 Å². The second kappa shape index (κ2) is 4.42. The highest BCUT2D eigenvalue weighted by Gasteiger charge is 2.29. The Morgan fingerprint density at radius 1 is 1.56 bits per heavy atom. The largest absolute Gasteiger partial charge is 0.481 e. The molecule has 0 amide bonds. The van der Waals surface area contributed by atoms with Gasteiger partial charge < -0.3 is 14.8 Å². The standard InChI is InChI=1S/C13H14N2O3/c16-13(17)8-3-5-14-10(6-8)9-7-18-11-2-1-4-15-12(9)11/h1-2,4,7-8,10,14H,3,5-6H2,(H,16,17). The van der Waals surface area contributed by atoms with Crippen LogP contribution in [0.3, 0.4) is 0 Å². The van der Waals surface area contributed by atoms with Crippen molar-refractivity contribution < 1.29 is 14.3 Å². The van der Waals surface area contributed by atoms with Gasteiger partial charge in [0, 0.05) is 17.8 Å². The quantitative estimate of drug-likeness (QED) is 0.847. The Morgan fingerprint density at radius 2 is 2.44 bits per heavy atom. The third-order valence-corrected chi connectivity index (χ3v) is 3.49. The summed E-state index contributed by atoms with van der Waals surface area (Å²) in [7, 11) is 0. The van der Waals surface area contributed by atoms with E-state index in [9.17, 15) is 4.79 Å². The fraction of sp³-hybridized carbons (Fsp3) is 0.385. The Morgan fingerprint density at radius 3 is 3.28 bits per heavy atom. The Hall–Kier alpha value is -1.88. The van der Waals surface area contributed by atoms with E-state index in [1.54, 1.807) is 12.5 Å². The third-order valence-electron chi connectivity index (χ3n) is 3.49. The van der Waals surface area contributed by atoms with Crippen LogP contribution < -0.4 is 5.32 Å². The Labute approximate surface area is 104 Å². The molecule has 0 radical (unpaired) electrons. The van der Waals surface area contributed by atoms with Crippen molar-refractivity contribution in [3.63, 3.8) is 0 Å². The first-order valence-corrected chi connectivity index (χ1v) is 6.04. The van der Waals surface area contributed by atoms with E-state index < -0.39 is 5.97 Å². The molecule has 2 aromatic rings. The zero-order chi connectivity index (χ0) is 12.5. The SMILES string of the molecule is O=C(O)C1CCNC(c2coc3cccnc23)C1. The monoisotopic (exact) mass is 246 g/mol. The van der Waals surface area contributed by atoms with E-state index in [0.29, 0.717) is 19.4 Å². The van der Waals surface area contributed by atoms with Gasteiger partial charge in [0.15, 0.2) is 5.58 Å². The number of hydrogen-bond donors (Lipinski definition) is 2. The van der Waals surface area contributed by atoms with E-state index in [0.717, 1.165) is 16.7 Å². The molecule has 0 aliphatic carbocycles. The van der Waals surface area contributed by atoms with Gasteiger partial charge in [-0.25, -0.2) is 0 Å². The highest BCUT2D eigenvalue weighted by atomic mass is 16.4. The van der Waals surface area contributed by atoms with Crippen LogP contribution >= 0.6 is 0 Å². The molecule has 0 bridgehead atoms. The first-order valence-electron chi connectivity index (χ1n) is 6.04. The Bertz CT molecular complexity index is 578. The van der Waals surface area contributed by atoms with Crippen molar-refractivity contribution in [3.8, 4) is 0 Å². The van der Waals surface area contributed by atoms with Crippen molar-refractivity contribution in [3.05, 3.63) is 30.2 Å². The van der Waals surface area contributed by atoms with Gasteiger partial charge >= 0.3 is 5.97 Å². The van der Waals surface area contributed by atoms with E-state index in [1.165, 1.54) is 0 Å². The summed E-state index contributed by atoms with van der Waals surface area (Å²) in [4.78, 5) is 15.4. The lowest BCUT2D eigenvalue weighted by Gasteiger charge is -2.27. The molecule has 3 heterocycles. The number of piperidine rings is 1. The van der Waals surface area contributed by atoms with Crippen molar-refractivity contribution in [1.29, 1.82) is 0 Å². The molecule has 2 N–H and O–H groups in total. The number of rotatable bonds is 2. The van der Waals surface area contributed by atoms with Crippen LogP contribution in [-0.2, 0) is 4.79 Å². The van der Waals surface area contributed by atoms with E-state index in [4.69, 9.17) is 9.52 Å². The van der Waals surface area contributed by atoms with Gasteiger partial charge in [-0.3, -0.25) is 9.78 Å². The number of carbonyl (C=O) groups is 1. The predicted octanol–water partition coefficient (Wildman–Crippen LogP) is 1.95. The van der Waals surface area contributed by atoms with Crippen LogP contribution in [-0.4, -0.2) is 22.6 Å². The third kappa shape index (κ3) is 1.86. The predicted molar refractivity (Wildman–Crippen MR) is 65.1 cm³/mol. The number of pyridine rings is 1. The Balaban J connectivity index is 1.92. The summed E-state index contributed by atoms with van der Waals surface area (Å²) in [6, 6.07) is 3.70. The molecule has 3 rings (SSSR count). The number of aromatic nitrogens is 1. The Kier molecular flexibility index (Phi) is 2.76. The molecule has 0 aromatic carbocycles. The number of aliphatic carboxylic acids is 1. The molecule has 1 fully saturated rings. The summed E-state index contributed by atoms with van der Waals surface area (Å²) in [5.74, 6) is -1.01. The molecular weight excluding hydrogens is 232 g/mol. The van der Waals surface area contributed by atoms with Gasteiger partial charge in [-0.2, -0.15) is 0 Å². The summed E-state index contributed by atoms with van der Waals surface area (Å²) in [5, 5.41) is 12.4. The van der Waals surface area contributed by atoms with E-state index in [-0.39, 0.29) is 12.0 Å². The molecular formula is C13H14N2O3. The molecule has 2 unspecified atom stereocenters. The highest BCUT2D eigenvalue weighted by Crippen LogP contribution is 2.32. The number of furan rings is 1. The van der Waals surface area contributed by atoms with Crippen LogP contribution in [0, 0.1) is 5.92 Å². The molecule has 2 atom stereocenters. The molecule has 5 nitrogen and oxygen atoms in total. The molecule has 1 aliphatic rings. The number of nitrogens with zero attached hydrogens (tertiary/aromatic N) is 1. The van der Waals surface area contributed by atoms with Crippen molar-refractivity contribution in [1.82, 2.24) is 10.3 Å². The summed E-state index contributed by atoms with van der Waals surface area (Å²) < 4.78 is 5.45. The van der Waals surface area contributed by atoms with Gasteiger partial charge in [-0.15, -0.1) is 0 Å². The maximum Gasteiger partial charge on any atom is 0.306 e. The van der Waals surface area contributed by atoms with Gasteiger partial charge in [-0.05, 0) is 31.5 Å². The van der Waals surface area contributed by atoms with Gasteiger partial charge in [0.2, 0.25) is 0 Å². The minimum atomic E-state index is -0.720.